The van der Waals surface area contributed by atoms with Crippen molar-refractivity contribution in [2.45, 2.75) is 25.8 Å². The Morgan fingerprint density at radius 2 is 1.71 bits per heavy atom. The molecule has 4 rings (SSSR count). The molecular formula is C22H24ClN5. The van der Waals surface area contributed by atoms with Crippen LogP contribution in [-0.2, 0) is 13.0 Å². The predicted octanol–water partition coefficient (Wildman–Crippen LogP) is 4.60. The van der Waals surface area contributed by atoms with E-state index < -0.39 is 0 Å². The van der Waals surface area contributed by atoms with Gasteiger partial charge in [-0.05, 0) is 48.4 Å². The highest BCUT2D eigenvalue weighted by Gasteiger charge is 2.21. The van der Waals surface area contributed by atoms with Gasteiger partial charge < -0.3 is 10.2 Å². The number of aromatic nitrogens is 3. The summed E-state index contributed by atoms with van der Waals surface area (Å²) in [5.41, 5.74) is 2.55. The molecule has 3 aromatic rings. The molecule has 6 heteroatoms. The molecule has 0 bridgehead atoms. The first-order chi connectivity index (χ1) is 13.8. The molecule has 0 aliphatic carbocycles. The Kier molecular flexibility index (Phi) is 6.02. The maximum absolute atomic E-state index is 5.93. The molecule has 0 spiro atoms. The van der Waals surface area contributed by atoms with Crippen LogP contribution >= 0.6 is 11.6 Å². The second-order valence-corrected chi connectivity index (χ2v) is 7.67. The van der Waals surface area contributed by atoms with E-state index in [1.54, 1.807) is 6.20 Å². The van der Waals surface area contributed by atoms with Crippen molar-refractivity contribution in [3.05, 3.63) is 76.9 Å². The molecule has 2 heterocycles. The predicted molar refractivity (Wildman–Crippen MR) is 114 cm³/mol. The summed E-state index contributed by atoms with van der Waals surface area (Å²) in [5, 5.41) is 12.2. The molecule has 144 valence electrons. The molecule has 0 saturated carbocycles. The van der Waals surface area contributed by atoms with Crippen molar-refractivity contribution in [3.63, 3.8) is 0 Å². The van der Waals surface area contributed by atoms with Crippen molar-refractivity contribution in [3.8, 4) is 0 Å². The van der Waals surface area contributed by atoms with Gasteiger partial charge in [0.25, 0.3) is 0 Å². The summed E-state index contributed by atoms with van der Waals surface area (Å²) in [6, 6.07) is 18.5. The van der Waals surface area contributed by atoms with Crippen molar-refractivity contribution in [1.82, 2.24) is 15.2 Å². The van der Waals surface area contributed by atoms with E-state index in [9.17, 15) is 0 Å². The summed E-state index contributed by atoms with van der Waals surface area (Å²) >= 11 is 5.93. The zero-order chi connectivity index (χ0) is 19.2. The van der Waals surface area contributed by atoms with Gasteiger partial charge in [-0.15, -0.1) is 5.10 Å². The number of piperidine rings is 1. The molecule has 1 saturated heterocycles. The number of nitrogens with zero attached hydrogens (tertiary/aromatic N) is 4. The van der Waals surface area contributed by atoms with Crippen LogP contribution in [0.25, 0.3) is 0 Å². The van der Waals surface area contributed by atoms with Crippen LogP contribution in [0.1, 0.15) is 24.0 Å². The fourth-order valence-electron chi connectivity index (χ4n) is 3.62. The summed E-state index contributed by atoms with van der Waals surface area (Å²) < 4.78 is 0. The molecule has 0 radical (unpaired) electrons. The lowest BCUT2D eigenvalue weighted by molar-refractivity contribution is 0.402. The molecule has 0 amide bonds. The highest BCUT2D eigenvalue weighted by molar-refractivity contribution is 6.30. The van der Waals surface area contributed by atoms with Crippen LogP contribution in [0.2, 0.25) is 5.02 Å². The molecule has 1 aliphatic rings. The summed E-state index contributed by atoms with van der Waals surface area (Å²) in [4.78, 5) is 6.96. The standard InChI is InChI=1S/C22H24ClN5/c23-20-8-6-19(7-9-20)15-24-22-26-21(16-25-27-22)28-12-10-18(11-13-28)14-17-4-2-1-3-5-17/h1-9,16,18H,10-15H2,(H,24,26,27). The number of nitrogens with one attached hydrogen (secondary N) is 1. The lowest BCUT2D eigenvalue weighted by atomic mass is 9.90. The topological polar surface area (TPSA) is 53.9 Å². The van der Waals surface area contributed by atoms with Gasteiger partial charge in [0, 0.05) is 24.7 Å². The van der Waals surface area contributed by atoms with Crippen LogP contribution in [0.4, 0.5) is 11.8 Å². The number of anilines is 2. The van der Waals surface area contributed by atoms with E-state index >= 15 is 0 Å². The molecule has 5 nitrogen and oxygen atoms in total. The maximum atomic E-state index is 5.93. The van der Waals surface area contributed by atoms with E-state index in [4.69, 9.17) is 11.6 Å². The zero-order valence-corrected chi connectivity index (χ0v) is 16.5. The first kappa shape index (κ1) is 18.7. The minimum atomic E-state index is 0.554. The lowest BCUT2D eigenvalue weighted by Crippen LogP contribution is -2.35. The third kappa shape index (κ3) is 4.98. The van der Waals surface area contributed by atoms with E-state index in [0.29, 0.717) is 12.5 Å². The molecule has 1 fully saturated rings. The fourth-order valence-corrected chi connectivity index (χ4v) is 3.75. The summed E-state index contributed by atoms with van der Waals surface area (Å²) in [6.07, 6.45) is 5.26. The summed E-state index contributed by atoms with van der Waals surface area (Å²) in [5.74, 6) is 2.18. The van der Waals surface area contributed by atoms with Gasteiger partial charge in [0.2, 0.25) is 5.95 Å². The Labute approximate surface area is 170 Å². The van der Waals surface area contributed by atoms with E-state index in [1.165, 1.54) is 18.4 Å². The Hall–Kier alpha value is -2.66. The number of hydrogen-bond acceptors (Lipinski definition) is 5. The Bertz CT molecular complexity index is 877. The average molecular weight is 394 g/mol. The van der Waals surface area contributed by atoms with Crippen LogP contribution in [0.5, 0.6) is 0 Å². The minimum absolute atomic E-state index is 0.554. The second kappa shape index (κ2) is 9.02. The third-order valence-corrected chi connectivity index (χ3v) is 5.47. The molecule has 1 N–H and O–H groups in total. The van der Waals surface area contributed by atoms with E-state index in [1.807, 2.05) is 24.3 Å². The van der Waals surface area contributed by atoms with Gasteiger partial charge in [0.1, 0.15) is 0 Å². The van der Waals surface area contributed by atoms with Gasteiger partial charge in [0.05, 0.1) is 6.20 Å². The first-order valence-electron chi connectivity index (χ1n) is 9.73. The molecule has 28 heavy (non-hydrogen) atoms. The fraction of sp³-hybridized carbons (Fsp3) is 0.318. The highest BCUT2D eigenvalue weighted by Crippen LogP contribution is 2.24. The molecule has 2 aromatic carbocycles. The van der Waals surface area contributed by atoms with E-state index in [0.717, 1.165) is 41.8 Å². The average Bonchev–Trinajstić information content (AvgIpc) is 2.75. The number of benzene rings is 2. The van der Waals surface area contributed by atoms with Crippen LogP contribution in [0.15, 0.2) is 60.8 Å². The van der Waals surface area contributed by atoms with Gasteiger partial charge in [-0.1, -0.05) is 54.1 Å². The Morgan fingerprint density at radius 1 is 0.964 bits per heavy atom. The second-order valence-electron chi connectivity index (χ2n) is 7.24. The van der Waals surface area contributed by atoms with Crippen LogP contribution < -0.4 is 10.2 Å². The molecule has 1 aliphatic heterocycles. The van der Waals surface area contributed by atoms with Crippen molar-refractivity contribution < 1.29 is 0 Å². The molecular weight excluding hydrogens is 370 g/mol. The van der Waals surface area contributed by atoms with Gasteiger partial charge >= 0.3 is 0 Å². The SMILES string of the molecule is Clc1ccc(CNc2nncc(N3CCC(Cc4ccccc4)CC3)n2)cc1. The van der Waals surface area contributed by atoms with Crippen molar-refractivity contribution in [2.75, 3.05) is 23.3 Å². The number of hydrogen-bond donors (Lipinski definition) is 1. The molecule has 0 atom stereocenters. The Morgan fingerprint density at radius 3 is 2.46 bits per heavy atom. The van der Waals surface area contributed by atoms with Gasteiger partial charge in [-0.2, -0.15) is 10.1 Å². The van der Waals surface area contributed by atoms with Gasteiger partial charge in [-0.25, -0.2) is 0 Å². The quantitative estimate of drug-likeness (QED) is 0.663. The number of halogens is 1. The van der Waals surface area contributed by atoms with Gasteiger partial charge in [0.15, 0.2) is 5.82 Å². The van der Waals surface area contributed by atoms with Crippen molar-refractivity contribution in [1.29, 1.82) is 0 Å². The van der Waals surface area contributed by atoms with Crippen LogP contribution in [-0.4, -0.2) is 28.3 Å². The molecule has 1 aromatic heterocycles. The summed E-state index contributed by atoms with van der Waals surface area (Å²) in [6.45, 7) is 2.65. The monoisotopic (exact) mass is 393 g/mol. The summed E-state index contributed by atoms with van der Waals surface area (Å²) in [7, 11) is 0. The molecule has 0 unspecified atom stereocenters. The third-order valence-electron chi connectivity index (χ3n) is 5.22. The highest BCUT2D eigenvalue weighted by atomic mass is 35.5. The zero-order valence-electron chi connectivity index (χ0n) is 15.8. The minimum Gasteiger partial charge on any atom is -0.355 e. The number of rotatable bonds is 6. The lowest BCUT2D eigenvalue weighted by Gasteiger charge is -2.32. The van der Waals surface area contributed by atoms with Crippen LogP contribution in [0, 0.1) is 5.92 Å². The first-order valence-corrected chi connectivity index (χ1v) is 10.1. The van der Waals surface area contributed by atoms with Gasteiger partial charge in [-0.3, -0.25) is 0 Å². The van der Waals surface area contributed by atoms with Crippen molar-refractivity contribution in [2.24, 2.45) is 5.92 Å². The maximum Gasteiger partial charge on any atom is 0.244 e. The van der Waals surface area contributed by atoms with Crippen LogP contribution in [0.3, 0.4) is 0 Å². The smallest absolute Gasteiger partial charge is 0.244 e. The largest absolute Gasteiger partial charge is 0.355 e. The van der Waals surface area contributed by atoms with E-state index in [2.05, 4.69) is 55.7 Å². The van der Waals surface area contributed by atoms with E-state index in [-0.39, 0.29) is 0 Å². The van der Waals surface area contributed by atoms with Crippen molar-refractivity contribution >= 4 is 23.4 Å². The normalized spacial score (nSPS) is 14.8. The Balaban J connectivity index is 1.31.